The molecule has 0 aromatic heterocycles. The zero-order valence-electron chi connectivity index (χ0n) is 13.1. The van der Waals surface area contributed by atoms with Gasteiger partial charge in [0.25, 0.3) is 0 Å². The second kappa shape index (κ2) is 7.13. The highest BCUT2D eigenvalue weighted by molar-refractivity contribution is 5.94. The van der Waals surface area contributed by atoms with Gasteiger partial charge in [0, 0.05) is 17.2 Å². The number of nitrogens with zero attached hydrogens (tertiary/aromatic N) is 1. The smallest absolute Gasteiger partial charge is 0.125 e. The van der Waals surface area contributed by atoms with Crippen LogP contribution in [0.4, 0.5) is 5.69 Å². The topological polar surface area (TPSA) is 93.9 Å². The number of amidine groups is 1. The van der Waals surface area contributed by atoms with Crippen LogP contribution < -0.4 is 16.2 Å². The quantitative estimate of drug-likeness (QED) is 0.573. The van der Waals surface area contributed by atoms with Gasteiger partial charge in [-0.15, -0.1) is 0 Å². The molecule has 0 aliphatic rings. The highest BCUT2D eigenvalue weighted by atomic mass is 16.5. The maximum atomic E-state index is 8.99. The van der Waals surface area contributed by atoms with E-state index in [0.717, 1.165) is 0 Å². The molecule has 0 fully saturated rings. The van der Waals surface area contributed by atoms with Gasteiger partial charge in [-0.1, -0.05) is 26.8 Å². The molecule has 5 heteroatoms. The van der Waals surface area contributed by atoms with E-state index >= 15 is 0 Å². The lowest BCUT2D eigenvalue weighted by molar-refractivity contribution is 0.130. The summed E-state index contributed by atoms with van der Waals surface area (Å²) in [6.07, 6.45) is 1.40. The molecule has 1 aromatic carbocycles. The van der Waals surface area contributed by atoms with Crippen molar-refractivity contribution in [2.75, 3.05) is 6.61 Å². The van der Waals surface area contributed by atoms with E-state index < -0.39 is 0 Å². The molecule has 1 atom stereocenters. The molecule has 0 radical (unpaired) electrons. The molecule has 0 saturated heterocycles. The predicted molar refractivity (Wildman–Crippen MR) is 86.6 cm³/mol. The van der Waals surface area contributed by atoms with Gasteiger partial charge in [-0.3, -0.25) is 0 Å². The summed E-state index contributed by atoms with van der Waals surface area (Å²) in [5.41, 5.74) is 13.1. The fraction of sp³-hybridized carbons (Fsp3) is 0.438. The Balaban J connectivity index is 2.91. The van der Waals surface area contributed by atoms with Crippen LogP contribution in [-0.2, 0) is 0 Å². The molecule has 0 amide bonds. The second-order valence-corrected chi connectivity index (χ2v) is 5.99. The summed E-state index contributed by atoms with van der Waals surface area (Å²) in [5.74, 6) is 0.980. The van der Waals surface area contributed by atoms with E-state index in [0.29, 0.717) is 23.0 Å². The monoisotopic (exact) mass is 291 g/mol. The third kappa shape index (κ3) is 5.87. The van der Waals surface area contributed by atoms with Crippen LogP contribution in [0.2, 0.25) is 0 Å². The van der Waals surface area contributed by atoms with Crippen LogP contribution in [0.3, 0.4) is 0 Å². The Bertz CT molecular complexity index is 531. The van der Waals surface area contributed by atoms with Crippen LogP contribution in [0, 0.1) is 5.41 Å². The molecule has 0 heterocycles. The Kier molecular flexibility index (Phi) is 5.79. The van der Waals surface area contributed by atoms with E-state index in [-0.39, 0.29) is 18.1 Å². The molecule has 0 aliphatic heterocycles. The van der Waals surface area contributed by atoms with E-state index in [4.69, 9.17) is 21.3 Å². The molecule has 116 valence electrons. The number of hydrogen-bond acceptors (Lipinski definition) is 4. The molecular weight excluding hydrogens is 266 g/mol. The molecule has 0 aliphatic carbocycles. The number of ether oxygens (including phenoxy) is 1. The van der Waals surface area contributed by atoms with Crippen molar-refractivity contribution < 1.29 is 9.84 Å². The van der Waals surface area contributed by atoms with E-state index in [9.17, 15) is 0 Å². The summed E-state index contributed by atoms with van der Waals surface area (Å²) in [4.78, 5) is 4.30. The third-order valence-corrected chi connectivity index (χ3v) is 2.84. The molecule has 5 N–H and O–H groups in total. The minimum atomic E-state index is -0.266. The van der Waals surface area contributed by atoms with Gasteiger partial charge in [0.15, 0.2) is 0 Å². The molecule has 1 rings (SSSR count). The third-order valence-electron chi connectivity index (χ3n) is 2.84. The first kappa shape index (κ1) is 17.0. The summed E-state index contributed by atoms with van der Waals surface area (Å²) in [5, 5.41) is 8.99. The van der Waals surface area contributed by atoms with Crippen LogP contribution in [0.25, 0.3) is 0 Å². The molecule has 5 nitrogen and oxygen atoms in total. The van der Waals surface area contributed by atoms with Gasteiger partial charge in [-0.2, -0.15) is 0 Å². The van der Waals surface area contributed by atoms with Gasteiger partial charge >= 0.3 is 0 Å². The molecule has 1 aromatic rings. The standard InChI is InChI=1S/C16H25N3O2/c1-11(10-20)21-13-7-5-6-12(8-13)19-15(18)9-14(17)16(2,3)4/h5-9,11,20H,10,17H2,1-4H3,(H2,18,19). The van der Waals surface area contributed by atoms with E-state index in [1.165, 1.54) is 0 Å². The number of aliphatic hydroxyl groups excluding tert-OH is 1. The molecule has 0 spiro atoms. The van der Waals surface area contributed by atoms with E-state index in [1.807, 2.05) is 32.9 Å². The lowest BCUT2D eigenvalue weighted by atomic mass is 9.92. The first-order valence-electron chi connectivity index (χ1n) is 6.91. The minimum Gasteiger partial charge on any atom is -0.488 e. The maximum Gasteiger partial charge on any atom is 0.125 e. The molecular formula is C16H25N3O2. The summed E-state index contributed by atoms with van der Waals surface area (Å²) >= 11 is 0. The molecule has 1 unspecified atom stereocenters. The minimum absolute atomic E-state index is 0.0412. The number of aliphatic hydroxyl groups is 1. The number of hydrogen-bond donors (Lipinski definition) is 3. The van der Waals surface area contributed by atoms with Crippen molar-refractivity contribution in [3.05, 3.63) is 36.0 Å². The number of nitrogens with two attached hydrogens (primary N) is 2. The van der Waals surface area contributed by atoms with Crippen molar-refractivity contribution in [3.8, 4) is 5.75 Å². The first-order valence-corrected chi connectivity index (χ1v) is 6.91. The molecule has 0 bridgehead atoms. The van der Waals surface area contributed by atoms with Gasteiger partial charge in [-0.05, 0) is 25.1 Å². The first-order chi connectivity index (χ1) is 9.72. The fourth-order valence-electron chi connectivity index (χ4n) is 1.45. The molecule has 0 saturated carbocycles. The van der Waals surface area contributed by atoms with Gasteiger partial charge in [0.05, 0.1) is 12.3 Å². The summed E-state index contributed by atoms with van der Waals surface area (Å²) in [7, 11) is 0. The Morgan fingerprint density at radius 2 is 2.05 bits per heavy atom. The largest absolute Gasteiger partial charge is 0.488 e. The van der Waals surface area contributed by atoms with Crippen molar-refractivity contribution in [2.24, 2.45) is 21.9 Å². The zero-order chi connectivity index (χ0) is 16.0. The second-order valence-electron chi connectivity index (χ2n) is 5.99. The van der Waals surface area contributed by atoms with Crippen LogP contribution in [0.1, 0.15) is 27.7 Å². The van der Waals surface area contributed by atoms with E-state index in [2.05, 4.69) is 4.99 Å². The summed E-state index contributed by atoms with van der Waals surface area (Å²) in [6, 6.07) is 7.22. The van der Waals surface area contributed by atoms with Crippen LogP contribution >= 0.6 is 0 Å². The van der Waals surface area contributed by atoms with Crippen molar-refractivity contribution >= 4 is 11.5 Å². The van der Waals surface area contributed by atoms with Crippen molar-refractivity contribution in [2.45, 2.75) is 33.8 Å². The summed E-state index contributed by atoms with van der Waals surface area (Å²) < 4.78 is 5.52. The molecule has 21 heavy (non-hydrogen) atoms. The van der Waals surface area contributed by atoms with Gasteiger partial charge in [0.1, 0.15) is 17.7 Å². The number of benzene rings is 1. The average molecular weight is 291 g/mol. The zero-order valence-corrected chi connectivity index (χ0v) is 13.1. The van der Waals surface area contributed by atoms with Gasteiger partial charge < -0.3 is 21.3 Å². The van der Waals surface area contributed by atoms with Crippen LogP contribution in [0.15, 0.2) is 41.0 Å². The SMILES string of the molecule is CC(CO)Oc1cccc(N=C(N)C=C(N)C(C)(C)C)c1. The lowest BCUT2D eigenvalue weighted by Gasteiger charge is -2.18. The number of allylic oxidation sites excluding steroid dienone is 1. The normalized spacial score (nSPS) is 14.9. The van der Waals surface area contributed by atoms with Crippen molar-refractivity contribution in [1.29, 1.82) is 0 Å². The Morgan fingerprint density at radius 3 is 2.62 bits per heavy atom. The summed E-state index contributed by atoms with van der Waals surface area (Å²) in [6.45, 7) is 7.78. The average Bonchev–Trinajstić information content (AvgIpc) is 2.37. The van der Waals surface area contributed by atoms with Gasteiger partial charge in [0.2, 0.25) is 0 Å². The van der Waals surface area contributed by atoms with Crippen LogP contribution in [0.5, 0.6) is 5.75 Å². The van der Waals surface area contributed by atoms with Crippen LogP contribution in [-0.4, -0.2) is 23.7 Å². The van der Waals surface area contributed by atoms with Gasteiger partial charge in [-0.25, -0.2) is 4.99 Å². The highest BCUT2D eigenvalue weighted by Crippen LogP contribution is 2.22. The van der Waals surface area contributed by atoms with E-state index in [1.54, 1.807) is 25.1 Å². The number of rotatable bonds is 5. The van der Waals surface area contributed by atoms with Crippen molar-refractivity contribution in [1.82, 2.24) is 0 Å². The Hall–Kier alpha value is -2.01. The Morgan fingerprint density at radius 1 is 1.38 bits per heavy atom. The number of aliphatic imine (C=N–C) groups is 1. The maximum absolute atomic E-state index is 8.99. The predicted octanol–water partition coefficient (Wildman–Crippen LogP) is 2.32. The Labute approximate surface area is 126 Å². The highest BCUT2D eigenvalue weighted by Gasteiger charge is 2.13. The van der Waals surface area contributed by atoms with Crippen molar-refractivity contribution in [3.63, 3.8) is 0 Å². The fourth-order valence-corrected chi connectivity index (χ4v) is 1.45. The lowest BCUT2D eigenvalue weighted by Crippen LogP contribution is -2.20.